The molecule has 79 valence electrons. The Kier molecular flexibility index (Phi) is 7.98. The summed E-state index contributed by atoms with van der Waals surface area (Å²) in [6.07, 6.45) is -0.949. The molecule has 0 unspecified atom stereocenters. The van der Waals surface area contributed by atoms with E-state index in [2.05, 4.69) is 0 Å². The molecule has 3 N–H and O–H groups in total. The third-order valence-electron chi connectivity index (χ3n) is 0.674. The summed E-state index contributed by atoms with van der Waals surface area (Å²) in [5, 5.41) is 32.1. The van der Waals surface area contributed by atoms with Gasteiger partial charge in [0, 0.05) is 0 Å². The predicted molar refractivity (Wildman–Crippen MR) is 38.1 cm³/mol. The fraction of sp³-hybridized carbons (Fsp3) is 0.333. The van der Waals surface area contributed by atoms with Crippen molar-refractivity contribution < 1.29 is 39.6 Å². The van der Waals surface area contributed by atoms with Gasteiger partial charge in [0.2, 0.25) is 0 Å². The summed E-state index contributed by atoms with van der Waals surface area (Å²) in [5.41, 5.74) is 0. The number of hydrogen-bond donors (Lipinski definition) is 3. The molecule has 0 aromatic heterocycles. The summed E-state index contributed by atoms with van der Waals surface area (Å²) in [6, 6.07) is 0. The van der Waals surface area contributed by atoms with E-state index in [9.17, 15) is 14.4 Å². The van der Waals surface area contributed by atoms with Crippen molar-refractivity contribution in [2.45, 2.75) is 6.42 Å². The summed E-state index contributed by atoms with van der Waals surface area (Å²) < 4.78 is 0. The molecule has 0 spiro atoms. The third-order valence-corrected chi connectivity index (χ3v) is 0.674. The molecule has 8 heteroatoms. The topological polar surface area (TPSA) is 149 Å². The molecule has 0 aliphatic rings. The van der Waals surface area contributed by atoms with Crippen LogP contribution in [0.4, 0.5) is 0 Å². The lowest BCUT2D eigenvalue weighted by molar-refractivity contribution is -0.152. The van der Waals surface area contributed by atoms with Crippen LogP contribution in [0.1, 0.15) is 6.42 Å². The molecular formula is C6H7O8. The zero-order valence-electron chi connectivity index (χ0n) is 6.80. The lowest BCUT2D eigenvalue weighted by Crippen LogP contribution is -2.16. The molecule has 0 atom stereocenters. The van der Waals surface area contributed by atoms with Gasteiger partial charge in [-0.2, -0.15) is 0 Å². The highest BCUT2D eigenvalue weighted by atomic mass is 16.4. The highest BCUT2D eigenvalue weighted by molar-refractivity contribution is 6.35. The molecule has 0 aliphatic heterocycles. The summed E-state index contributed by atoms with van der Waals surface area (Å²) in [7, 11) is 0. The van der Waals surface area contributed by atoms with Gasteiger partial charge in [-0.3, -0.25) is 9.59 Å². The van der Waals surface area contributed by atoms with Crippen LogP contribution in [0.3, 0.4) is 0 Å². The number of aliphatic carboxylic acids is 3. The molecule has 0 heterocycles. The summed E-state index contributed by atoms with van der Waals surface area (Å²) in [4.78, 5) is 38.3. The summed E-state index contributed by atoms with van der Waals surface area (Å²) >= 11 is 0. The minimum absolute atomic E-state index is 0.949. The Morgan fingerprint density at radius 2 is 1.21 bits per heavy atom. The zero-order chi connectivity index (χ0) is 11.7. The van der Waals surface area contributed by atoms with Crippen molar-refractivity contribution in [2.24, 2.45) is 0 Å². The van der Waals surface area contributed by atoms with Gasteiger partial charge in [0.15, 0.2) is 6.61 Å². The standard InChI is InChI=1S/C4H4O5.C2H3O3/c5-2(4(8)9)1-3(6)7;3-1-2(4)5/h1H2,(H,6,7)(H,8,9);1H2,(H,4,5). The van der Waals surface area contributed by atoms with Crippen LogP contribution in [-0.2, 0) is 24.3 Å². The number of carbonyl (C=O) groups is 4. The van der Waals surface area contributed by atoms with Gasteiger partial charge >= 0.3 is 17.9 Å². The first-order valence-corrected chi connectivity index (χ1v) is 3.09. The van der Waals surface area contributed by atoms with Crippen LogP contribution in [0.25, 0.3) is 0 Å². The second kappa shape index (κ2) is 7.68. The van der Waals surface area contributed by atoms with E-state index in [1.54, 1.807) is 0 Å². The van der Waals surface area contributed by atoms with Crippen LogP contribution >= 0.6 is 0 Å². The average Bonchev–Trinajstić information content (AvgIpc) is 2.04. The Bertz CT molecular complexity index is 242. The minimum atomic E-state index is -1.71. The summed E-state index contributed by atoms with van der Waals surface area (Å²) in [6.45, 7) is -1.03. The summed E-state index contributed by atoms with van der Waals surface area (Å²) in [5.74, 6) is -5.74. The van der Waals surface area contributed by atoms with E-state index in [1.165, 1.54) is 0 Å². The number of rotatable bonds is 4. The highest BCUT2D eigenvalue weighted by Crippen LogP contribution is 1.81. The monoisotopic (exact) mass is 207 g/mol. The molecular weight excluding hydrogens is 200 g/mol. The van der Waals surface area contributed by atoms with Gasteiger partial charge in [0.1, 0.15) is 6.42 Å². The van der Waals surface area contributed by atoms with Gasteiger partial charge in [-0.1, -0.05) is 0 Å². The van der Waals surface area contributed by atoms with Crippen LogP contribution < -0.4 is 0 Å². The van der Waals surface area contributed by atoms with Crippen molar-refractivity contribution in [3.63, 3.8) is 0 Å². The van der Waals surface area contributed by atoms with Crippen molar-refractivity contribution in [2.75, 3.05) is 6.61 Å². The van der Waals surface area contributed by atoms with E-state index in [1.807, 2.05) is 0 Å². The number of ketones is 1. The van der Waals surface area contributed by atoms with Crippen LogP contribution in [-0.4, -0.2) is 45.6 Å². The molecule has 0 aliphatic carbocycles. The Morgan fingerprint density at radius 1 is 0.857 bits per heavy atom. The molecule has 0 bridgehead atoms. The predicted octanol–water partition coefficient (Wildman–Crippen LogP) is -1.38. The van der Waals surface area contributed by atoms with Gasteiger partial charge in [-0.05, 0) is 0 Å². The van der Waals surface area contributed by atoms with E-state index in [-0.39, 0.29) is 0 Å². The van der Waals surface area contributed by atoms with Crippen LogP contribution in [0.5, 0.6) is 0 Å². The van der Waals surface area contributed by atoms with Gasteiger partial charge in [-0.15, -0.1) is 0 Å². The smallest absolute Gasteiger partial charge is 0.372 e. The molecule has 0 fully saturated rings. The molecule has 8 nitrogen and oxygen atoms in total. The number of carbonyl (C=O) groups excluding carboxylic acids is 1. The molecule has 0 rings (SSSR count). The largest absolute Gasteiger partial charge is 0.481 e. The van der Waals surface area contributed by atoms with Crippen LogP contribution in [0, 0.1) is 0 Å². The van der Waals surface area contributed by atoms with Gasteiger partial charge < -0.3 is 15.3 Å². The second-order valence-corrected chi connectivity index (χ2v) is 1.84. The molecule has 0 saturated heterocycles. The number of carboxylic acids is 3. The third kappa shape index (κ3) is 12.7. The Balaban J connectivity index is 0. The average molecular weight is 207 g/mol. The maximum absolute atomic E-state index is 9.97. The Morgan fingerprint density at radius 3 is 1.29 bits per heavy atom. The molecule has 1 radical (unpaired) electrons. The highest BCUT2D eigenvalue weighted by Gasteiger charge is 2.14. The van der Waals surface area contributed by atoms with E-state index in [0.29, 0.717) is 0 Å². The molecule has 0 aromatic carbocycles. The molecule has 0 amide bonds. The number of carboxylic acid groups (broad SMARTS) is 3. The fourth-order valence-corrected chi connectivity index (χ4v) is 0.213. The van der Waals surface area contributed by atoms with Crippen LogP contribution in [0.15, 0.2) is 0 Å². The Labute approximate surface area is 77.4 Å². The lowest BCUT2D eigenvalue weighted by atomic mass is 10.3. The first-order valence-electron chi connectivity index (χ1n) is 3.09. The normalized spacial score (nSPS) is 8.07. The van der Waals surface area contributed by atoms with Crippen molar-refractivity contribution in [1.29, 1.82) is 0 Å². The maximum Gasteiger partial charge on any atom is 0.372 e. The number of Topliss-reactive ketones (excluding diaryl/α,β-unsaturated/α-hetero) is 1. The quantitative estimate of drug-likeness (QED) is 0.379. The van der Waals surface area contributed by atoms with E-state index < -0.39 is 36.7 Å². The Hall–Kier alpha value is -1.96. The van der Waals surface area contributed by atoms with Crippen molar-refractivity contribution >= 4 is 23.7 Å². The fourth-order valence-electron chi connectivity index (χ4n) is 0.213. The first kappa shape index (κ1) is 14.6. The van der Waals surface area contributed by atoms with Gasteiger partial charge in [-0.25, -0.2) is 14.7 Å². The minimum Gasteiger partial charge on any atom is -0.481 e. The molecule has 0 aromatic rings. The van der Waals surface area contributed by atoms with E-state index >= 15 is 0 Å². The van der Waals surface area contributed by atoms with Gasteiger partial charge in [0.05, 0.1) is 0 Å². The van der Waals surface area contributed by atoms with Crippen molar-refractivity contribution in [1.82, 2.24) is 0 Å². The zero-order valence-corrected chi connectivity index (χ0v) is 6.80. The maximum atomic E-state index is 9.97. The van der Waals surface area contributed by atoms with Crippen molar-refractivity contribution in [3.05, 3.63) is 0 Å². The SMILES string of the molecule is O=C(O)CC(=O)C(=O)O.[O]CC(=O)O. The van der Waals surface area contributed by atoms with Gasteiger partial charge in [0.25, 0.3) is 5.78 Å². The van der Waals surface area contributed by atoms with Crippen LogP contribution in [0.2, 0.25) is 0 Å². The first-order chi connectivity index (χ1) is 6.31. The molecule has 14 heavy (non-hydrogen) atoms. The van der Waals surface area contributed by atoms with E-state index in [4.69, 9.17) is 25.2 Å². The van der Waals surface area contributed by atoms with Crippen molar-refractivity contribution in [3.8, 4) is 0 Å². The van der Waals surface area contributed by atoms with E-state index in [0.717, 1.165) is 0 Å². The lowest BCUT2D eigenvalue weighted by Gasteiger charge is -1.85. The molecule has 0 saturated carbocycles. The second-order valence-electron chi connectivity index (χ2n) is 1.84. The number of hydrogen-bond acceptors (Lipinski definition) is 4.